The number of aliphatic hydroxyl groups excluding tert-OH is 1. The van der Waals surface area contributed by atoms with Crippen molar-refractivity contribution in [2.45, 2.75) is 59.0 Å². The lowest BCUT2D eigenvalue weighted by Crippen LogP contribution is -2.28. The van der Waals surface area contributed by atoms with E-state index in [4.69, 9.17) is 0 Å². The molecule has 0 aromatic heterocycles. The molecule has 0 spiro atoms. The van der Waals surface area contributed by atoms with Crippen molar-refractivity contribution in [2.75, 3.05) is 0 Å². The van der Waals surface area contributed by atoms with Gasteiger partial charge in [-0.25, -0.2) is 4.39 Å². The van der Waals surface area contributed by atoms with Crippen LogP contribution >= 0.6 is 0 Å². The minimum Gasteiger partial charge on any atom is -0.388 e. The molecule has 0 bridgehead atoms. The lowest BCUT2D eigenvalue weighted by Gasteiger charge is -2.36. The maximum atomic E-state index is 14.0. The Morgan fingerprint density at radius 3 is 2.47 bits per heavy atom. The number of aryl methyl sites for hydroxylation is 1. The second-order valence-electron chi connectivity index (χ2n) is 6.59. The summed E-state index contributed by atoms with van der Waals surface area (Å²) in [5.41, 5.74) is 1.37. The van der Waals surface area contributed by atoms with Crippen molar-refractivity contribution in [2.24, 2.45) is 11.3 Å². The van der Waals surface area contributed by atoms with Gasteiger partial charge in [-0.1, -0.05) is 44.4 Å². The smallest absolute Gasteiger partial charge is 0.129 e. The zero-order chi connectivity index (χ0) is 14.0. The molecule has 0 radical (unpaired) electrons. The van der Waals surface area contributed by atoms with Gasteiger partial charge in [0.15, 0.2) is 0 Å². The van der Waals surface area contributed by atoms with Gasteiger partial charge in [-0.15, -0.1) is 0 Å². The molecule has 0 heterocycles. The number of halogens is 1. The van der Waals surface area contributed by atoms with E-state index in [2.05, 4.69) is 13.8 Å². The third kappa shape index (κ3) is 3.00. The van der Waals surface area contributed by atoms with Gasteiger partial charge < -0.3 is 5.11 Å². The van der Waals surface area contributed by atoms with Gasteiger partial charge in [0.05, 0.1) is 6.10 Å². The number of aliphatic hydroxyl groups is 1. The molecule has 106 valence electrons. The third-order valence-electron chi connectivity index (χ3n) is 4.44. The van der Waals surface area contributed by atoms with Crippen molar-refractivity contribution in [3.63, 3.8) is 0 Å². The maximum Gasteiger partial charge on any atom is 0.129 e. The summed E-state index contributed by atoms with van der Waals surface area (Å²) < 4.78 is 14.0. The van der Waals surface area contributed by atoms with Crippen molar-refractivity contribution in [1.82, 2.24) is 0 Å². The van der Waals surface area contributed by atoms with E-state index in [1.807, 2.05) is 6.92 Å². The van der Waals surface area contributed by atoms with E-state index in [1.165, 1.54) is 6.07 Å². The number of benzene rings is 1. The van der Waals surface area contributed by atoms with E-state index in [9.17, 15) is 9.50 Å². The lowest BCUT2D eigenvalue weighted by atomic mass is 9.71. The highest BCUT2D eigenvalue weighted by Crippen LogP contribution is 2.52. The molecule has 1 saturated carbocycles. The van der Waals surface area contributed by atoms with Gasteiger partial charge in [-0.05, 0) is 38.2 Å². The first-order chi connectivity index (χ1) is 8.94. The van der Waals surface area contributed by atoms with E-state index >= 15 is 0 Å². The van der Waals surface area contributed by atoms with Gasteiger partial charge >= 0.3 is 0 Å². The van der Waals surface area contributed by atoms with E-state index in [-0.39, 0.29) is 11.2 Å². The van der Waals surface area contributed by atoms with E-state index in [0.717, 1.165) is 37.7 Å². The van der Waals surface area contributed by atoms with Crippen LogP contribution in [0.2, 0.25) is 0 Å². The Kier molecular flexibility index (Phi) is 4.29. The molecule has 1 aliphatic carbocycles. The topological polar surface area (TPSA) is 20.2 Å². The standard InChI is InChI=1S/C17H25FO/c1-12(2)11-17(8-4-5-9-17)16(19)14-10-13(3)6-7-15(14)18/h6-7,10,12,16,19H,4-5,8-9,11H2,1-3H3. The summed E-state index contributed by atoms with van der Waals surface area (Å²) in [6.45, 7) is 6.30. The summed E-state index contributed by atoms with van der Waals surface area (Å²) >= 11 is 0. The number of rotatable bonds is 4. The predicted octanol–water partition coefficient (Wildman–Crippen LogP) is 4.77. The molecule has 1 aromatic rings. The van der Waals surface area contributed by atoms with Crippen molar-refractivity contribution in [3.05, 3.63) is 35.1 Å². The van der Waals surface area contributed by atoms with Crippen LogP contribution in [0.15, 0.2) is 18.2 Å². The first-order valence-corrected chi connectivity index (χ1v) is 7.39. The van der Waals surface area contributed by atoms with Crippen molar-refractivity contribution in [3.8, 4) is 0 Å². The molecule has 1 aromatic carbocycles. The molecular weight excluding hydrogens is 239 g/mol. The molecule has 1 fully saturated rings. The summed E-state index contributed by atoms with van der Waals surface area (Å²) in [5.74, 6) is 0.258. The molecule has 0 saturated heterocycles. The molecule has 0 aliphatic heterocycles. The molecule has 19 heavy (non-hydrogen) atoms. The Bertz CT molecular complexity index is 433. The molecule has 1 atom stereocenters. The van der Waals surface area contributed by atoms with Gasteiger partial charge in [0.1, 0.15) is 5.82 Å². The van der Waals surface area contributed by atoms with Crippen LogP contribution in [-0.2, 0) is 0 Å². The summed E-state index contributed by atoms with van der Waals surface area (Å²) in [6, 6.07) is 5.04. The second-order valence-corrected chi connectivity index (χ2v) is 6.59. The van der Waals surface area contributed by atoms with Crippen LogP contribution in [-0.4, -0.2) is 5.11 Å². The van der Waals surface area contributed by atoms with Crippen LogP contribution in [0.3, 0.4) is 0 Å². The Morgan fingerprint density at radius 1 is 1.26 bits per heavy atom. The Labute approximate surface area is 115 Å². The maximum absolute atomic E-state index is 14.0. The van der Waals surface area contributed by atoms with Crippen molar-refractivity contribution in [1.29, 1.82) is 0 Å². The fourth-order valence-electron chi connectivity index (χ4n) is 3.68. The van der Waals surface area contributed by atoms with Gasteiger partial charge in [0.25, 0.3) is 0 Å². The fourth-order valence-corrected chi connectivity index (χ4v) is 3.68. The van der Waals surface area contributed by atoms with Crippen LogP contribution in [0.4, 0.5) is 4.39 Å². The molecule has 0 amide bonds. The second kappa shape index (κ2) is 5.62. The summed E-state index contributed by atoms with van der Waals surface area (Å²) in [7, 11) is 0. The minimum atomic E-state index is -0.669. The number of hydrogen-bond donors (Lipinski definition) is 1. The lowest BCUT2D eigenvalue weighted by molar-refractivity contribution is 0.00873. The Balaban J connectivity index is 2.33. The van der Waals surface area contributed by atoms with Crippen LogP contribution in [0.25, 0.3) is 0 Å². The predicted molar refractivity (Wildman–Crippen MR) is 76.5 cm³/mol. The Morgan fingerprint density at radius 2 is 1.89 bits per heavy atom. The van der Waals surface area contributed by atoms with E-state index in [1.54, 1.807) is 12.1 Å². The largest absolute Gasteiger partial charge is 0.388 e. The van der Waals surface area contributed by atoms with Gasteiger partial charge in [0, 0.05) is 11.0 Å². The highest BCUT2D eigenvalue weighted by atomic mass is 19.1. The summed E-state index contributed by atoms with van der Waals surface area (Å²) in [4.78, 5) is 0. The number of hydrogen-bond acceptors (Lipinski definition) is 1. The van der Waals surface area contributed by atoms with E-state index in [0.29, 0.717) is 11.5 Å². The van der Waals surface area contributed by atoms with Crippen LogP contribution < -0.4 is 0 Å². The first-order valence-electron chi connectivity index (χ1n) is 7.39. The molecule has 2 rings (SSSR count). The highest BCUT2D eigenvalue weighted by Gasteiger charge is 2.42. The average molecular weight is 264 g/mol. The zero-order valence-corrected chi connectivity index (χ0v) is 12.2. The molecule has 1 unspecified atom stereocenters. The molecule has 1 aliphatic rings. The van der Waals surface area contributed by atoms with Gasteiger partial charge in [0.2, 0.25) is 0 Å². The van der Waals surface area contributed by atoms with Crippen LogP contribution in [0.5, 0.6) is 0 Å². The SMILES string of the molecule is Cc1ccc(F)c(C(O)C2(CC(C)C)CCCC2)c1. The fraction of sp³-hybridized carbons (Fsp3) is 0.647. The third-order valence-corrected chi connectivity index (χ3v) is 4.44. The zero-order valence-electron chi connectivity index (χ0n) is 12.2. The minimum absolute atomic E-state index is 0.122. The van der Waals surface area contributed by atoms with Crippen LogP contribution in [0, 0.1) is 24.1 Å². The first kappa shape index (κ1) is 14.5. The monoisotopic (exact) mass is 264 g/mol. The van der Waals surface area contributed by atoms with Crippen LogP contribution in [0.1, 0.15) is 63.2 Å². The van der Waals surface area contributed by atoms with Crippen molar-refractivity contribution < 1.29 is 9.50 Å². The molecular formula is C17H25FO. The summed E-state index contributed by atoms with van der Waals surface area (Å²) in [6.07, 6.45) is 4.63. The Hall–Kier alpha value is -0.890. The van der Waals surface area contributed by atoms with Gasteiger partial charge in [-0.3, -0.25) is 0 Å². The van der Waals surface area contributed by atoms with E-state index < -0.39 is 6.10 Å². The van der Waals surface area contributed by atoms with Crippen molar-refractivity contribution >= 4 is 0 Å². The average Bonchev–Trinajstić information content (AvgIpc) is 2.80. The molecule has 1 N–H and O–H groups in total. The molecule has 2 heteroatoms. The van der Waals surface area contributed by atoms with Gasteiger partial charge in [-0.2, -0.15) is 0 Å². The molecule has 1 nitrogen and oxygen atoms in total. The quantitative estimate of drug-likeness (QED) is 0.830. The summed E-state index contributed by atoms with van der Waals surface area (Å²) in [5, 5.41) is 10.8. The highest BCUT2D eigenvalue weighted by molar-refractivity contribution is 5.27. The normalized spacial score (nSPS) is 19.9.